The fourth-order valence-corrected chi connectivity index (χ4v) is 1.91. The first-order valence-electron chi connectivity index (χ1n) is 6.89. The highest BCUT2D eigenvalue weighted by Crippen LogP contribution is 2.10. The largest absolute Gasteiger partial charge is 0.467 e. The Morgan fingerprint density at radius 2 is 1.87 bits per heavy atom. The molecule has 0 aliphatic rings. The van der Waals surface area contributed by atoms with E-state index in [-0.39, 0.29) is 17.5 Å². The molecule has 1 aromatic rings. The summed E-state index contributed by atoms with van der Waals surface area (Å²) >= 11 is 0. The summed E-state index contributed by atoms with van der Waals surface area (Å²) in [4.78, 5) is 35.5. The fraction of sp³-hybridized carbons (Fsp3) is 0.375. The van der Waals surface area contributed by atoms with E-state index < -0.39 is 29.8 Å². The van der Waals surface area contributed by atoms with Crippen LogP contribution in [0.4, 0.5) is 0 Å². The Labute approximate surface area is 134 Å². The van der Waals surface area contributed by atoms with E-state index in [1.165, 1.54) is 38.5 Å². The lowest BCUT2D eigenvalue weighted by molar-refractivity contribution is -0.143. The highest BCUT2D eigenvalue weighted by molar-refractivity contribution is 5.99. The number of carbonyl (C=O) groups excluding carboxylic acids is 3. The van der Waals surface area contributed by atoms with Crippen LogP contribution in [0.15, 0.2) is 24.3 Å². The molecule has 23 heavy (non-hydrogen) atoms. The fourth-order valence-electron chi connectivity index (χ4n) is 1.91. The number of amides is 1. The Balaban J connectivity index is 2.92. The zero-order valence-electron chi connectivity index (χ0n) is 13.2. The van der Waals surface area contributed by atoms with Gasteiger partial charge in [-0.15, -0.1) is 0 Å². The maximum Gasteiger partial charge on any atom is 0.337 e. The molecule has 0 aromatic heterocycles. The van der Waals surface area contributed by atoms with Crippen molar-refractivity contribution in [1.29, 1.82) is 5.26 Å². The van der Waals surface area contributed by atoms with Crippen molar-refractivity contribution < 1.29 is 23.9 Å². The number of nitriles is 1. The minimum absolute atomic E-state index is 0.131. The molecule has 2 atom stereocenters. The Morgan fingerprint density at radius 1 is 1.22 bits per heavy atom. The lowest BCUT2D eigenvalue weighted by atomic mass is 10.0. The molecule has 122 valence electrons. The third-order valence-corrected chi connectivity index (χ3v) is 3.15. The summed E-state index contributed by atoms with van der Waals surface area (Å²) in [5, 5.41) is 11.4. The average Bonchev–Trinajstić information content (AvgIpc) is 2.59. The van der Waals surface area contributed by atoms with Crippen LogP contribution in [0.3, 0.4) is 0 Å². The second-order valence-electron chi connectivity index (χ2n) is 4.89. The van der Waals surface area contributed by atoms with Crippen molar-refractivity contribution in [3.05, 3.63) is 35.4 Å². The van der Waals surface area contributed by atoms with Crippen LogP contribution in [0.1, 0.15) is 34.1 Å². The molecule has 0 bridgehead atoms. The van der Waals surface area contributed by atoms with Gasteiger partial charge in [0.15, 0.2) is 0 Å². The highest BCUT2D eigenvalue weighted by atomic mass is 16.5. The molecule has 1 amide bonds. The van der Waals surface area contributed by atoms with E-state index >= 15 is 0 Å². The Kier molecular flexibility index (Phi) is 6.74. The number of hydrogen-bond acceptors (Lipinski definition) is 6. The summed E-state index contributed by atoms with van der Waals surface area (Å²) in [5.74, 6) is -2.18. The van der Waals surface area contributed by atoms with Crippen LogP contribution < -0.4 is 5.32 Å². The summed E-state index contributed by atoms with van der Waals surface area (Å²) in [7, 11) is 2.45. The van der Waals surface area contributed by atoms with Crippen molar-refractivity contribution >= 4 is 17.8 Å². The lowest BCUT2D eigenvalue weighted by Crippen LogP contribution is -2.42. The summed E-state index contributed by atoms with van der Waals surface area (Å²) in [6, 6.07) is 6.97. The molecule has 1 rings (SSSR count). The maximum absolute atomic E-state index is 12.3. The number of ether oxygens (including phenoxy) is 2. The third kappa shape index (κ3) is 5.11. The molecule has 0 aliphatic carbocycles. The van der Waals surface area contributed by atoms with Gasteiger partial charge in [-0.2, -0.15) is 5.26 Å². The van der Waals surface area contributed by atoms with Crippen molar-refractivity contribution in [2.45, 2.75) is 19.4 Å². The second kappa shape index (κ2) is 8.54. The maximum atomic E-state index is 12.3. The van der Waals surface area contributed by atoms with Gasteiger partial charge >= 0.3 is 11.9 Å². The van der Waals surface area contributed by atoms with Crippen molar-refractivity contribution in [3.8, 4) is 6.07 Å². The van der Waals surface area contributed by atoms with Gasteiger partial charge in [-0.1, -0.05) is 6.07 Å². The number of hydrogen-bond donors (Lipinski definition) is 1. The molecule has 7 nitrogen and oxygen atoms in total. The molecule has 1 N–H and O–H groups in total. The molecule has 0 unspecified atom stereocenters. The van der Waals surface area contributed by atoms with Gasteiger partial charge in [0.25, 0.3) is 5.91 Å². The van der Waals surface area contributed by atoms with Crippen molar-refractivity contribution in [3.63, 3.8) is 0 Å². The zero-order chi connectivity index (χ0) is 17.4. The summed E-state index contributed by atoms with van der Waals surface area (Å²) in [6.45, 7) is 1.64. The number of nitrogens with zero attached hydrogens (tertiary/aromatic N) is 1. The van der Waals surface area contributed by atoms with E-state index in [9.17, 15) is 14.4 Å². The first-order chi connectivity index (χ1) is 10.9. The molecule has 1 aromatic carbocycles. The van der Waals surface area contributed by atoms with Crippen LogP contribution >= 0.6 is 0 Å². The minimum atomic E-state index is -0.941. The van der Waals surface area contributed by atoms with Gasteiger partial charge in [0, 0.05) is 11.5 Å². The first-order valence-corrected chi connectivity index (χ1v) is 6.89. The Morgan fingerprint density at radius 3 is 2.43 bits per heavy atom. The molecular weight excluding hydrogens is 300 g/mol. The van der Waals surface area contributed by atoms with Crippen LogP contribution in [0.25, 0.3) is 0 Å². The topological polar surface area (TPSA) is 105 Å². The quantitative estimate of drug-likeness (QED) is 0.792. The molecule has 0 spiro atoms. The Bertz CT molecular complexity index is 636. The van der Waals surface area contributed by atoms with Crippen LogP contribution in [0, 0.1) is 17.2 Å². The van der Waals surface area contributed by atoms with E-state index in [0.717, 1.165) is 0 Å². The lowest BCUT2D eigenvalue weighted by Gasteiger charge is -2.17. The number of nitrogens with one attached hydrogen (secondary N) is 1. The molecule has 0 heterocycles. The molecule has 0 aliphatic heterocycles. The minimum Gasteiger partial charge on any atom is -0.467 e. The van der Waals surface area contributed by atoms with Crippen molar-refractivity contribution in [2.24, 2.45) is 5.92 Å². The monoisotopic (exact) mass is 318 g/mol. The van der Waals surface area contributed by atoms with Gasteiger partial charge in [0.2, 0.25) is 0 Å². The summed E-state index contributed by atoms with van der Waals surface area (Å²) < 4.78 is 9.23. The predicted octanol–water partition coefficient (Wildman–Crippen LogP) is 1.29. The van der Waals surface area contributed by atoms with Gasteiger partial charge in [-0.05, 0) is 31.5 Å². The van der Waals surface area contributed by atoms with Crippen LogP contribution in [-0.4, -0.2) is 38.1 Å². The van der Waals surface area contributed by atoms with Gasteiger partial charge in [-0.3, -0.25) is 4.79 Å². The van der Waals surface area contributed by atoms with E-state index in [2.05, 4.69) is 14.8 Å². The van der Waals surface area contributed by atoms with E-state index in [0.29, 0.717) is 0 Å². The van der Waals surface area contributed by atoms with Crippen molar-refractivity contribution in [2.75, 3.05) is 14.2 Å². The number of carbonyl (C=O) groups is 3. The predicted molar refractivity (Wildman–Crippen MR) is 80.4 cm³/mol. The molecule has 7 heteroatoms. The number of esters is 2. The second-order valence-corrected chi connectivity index (χ2v) is 4.89. The van der Waals surface area contributed by atoms with Gasteiger partial charge in [0.05, 0.1) is 25.9 Å². The molecule has 0 fully saturated rings. The zero-order valence-corrected chi connectivity index (χ0v) is 13.2. The standard InChI is InChI=1S/C16H18N2O5/c1-10(9-17)7-13(16(21)23-3)18-14(19)11-5-4-6-12(8-11)15(20)22-2/h4-6,8,10,13H,7H2,1-3H3,(H,18,19)/t10-,13-/m0/s1. The third-order valence-electron chi connectivity index (χ3n) is 3.15. The summed E-state index contributed by atoms with van der Waals surface area (Å²) in [6.07, 6.45) is 0.131. The number of benzene rings is 1. The van der Waals surface area contributed by atoms with Crippen LogP contribution in [-0.2, 0) is 14.3 Å². The normalized spacial score (nSPS) is 12.4. The van der Waals surface area contributed by atoms with Gasteiger partial charge < -0.3 is 14.8 Å². The molecule has 0 saturated heterocycles. The molecular formula is C16H18N2O5. The average molecular weight is 318 g/mol. The van der Waals surface area contributed by atoms with Crippen LogP contribution in [0.5, 0.6) is 0 Å². The summed E-state index contributed by atoms with van der Waals surface area (Å²) in [5.41, 5.74) is 0.423. The number of methoxy groups -OCH3 is 2. The molecule has 0 saturated carbocycles. The first kappa shape index (κ1) is 18.2. The SMILES string of the molecule is COC(=O)c1cccc(C(=O)N[C@@H](C[C@H](C)C#N)C(=O)OC)c1. The van der Waals surface area contributed by atoms with Crippen LogP contribution in [0.2, 0.25) is 0 Å². The highest BCUT2D eigenvalue weighted by Gasteiger charge is 2.24. The van der Waals surface area contributed by atoms with Gasteiger partial charge in [-0.25, -0.2) is 9.59 Å². The Hall–Kier alpha value is -2.88. The van der Waals surface area contributed by atoms with Crippen molar-refractivity contribution in [1.82, 2.24) is 5.32 Å². The van der Waals surface area contributed by atoms with E-state index in [1.54, 1.807) is 6.92 Å². The number of rotatable bonds is 6. The smallest absolute Gasteiger partial charge is 0.337 e. The van der Waals surface area contributed by atoms with E-state index in [4.69, 9.17) is 5.26 Å². The molecule has 0 radical (unpaired) electrons. The van der Waals surface area contributed by atoms with E-state index in [1.807, 2.05) is 6.07 Å². The van der Waals surface area contributed by atoms with Gasteiger partial charge in [0.1, 0.15) is 6.04 Å².